The summed E-state index contributed by atoms with van der Waals surface area (Å²) in [7, 11) is 0. The van der Waals surface area contributed by atoms with Gasteiger partial charge in [0.05, 0.1) is 4.88 Å². The zero-order chi connectivity index (χ0) is 20.1. The topological polar surface area (TPSA) is 67.4 Å². The lowest BCUT2D eigenvalue weighted by atomic mass is 10.2. The van der Waals surface area contributed by atoms with Crippen molar-refractivity contribution in [1.29, 1.82) is 0 Å². The van der Waals surface area contributed by atoms with E-state index in [1.807, 2.05) is 0 Å². The fourth-order valence-electron chi connectivity index (χ4n) is 2.29. The number of rotatable bonds is 5. The van der Waals surface area contributed by atoms with Gasteiger partial charge in [-0.25, -0.2) is 4.39 Å². The van der Waals surface area contributed by atoms with Crippen molar-refractivity contribution in [2.45, 2.75) is 6.61 Å². The minimum Gasteiger partial charge on any atom is -0.435 e. The lowest BCUT2D eigenvalue weighted by Gasteiger charge is -2.08. The number of alkyl halides is 2. The average molecular weight is 406 g/mol. The van der Waals surface area contributed by atoms with Gasteiger partial charge in [0, 0.05) is 10.4 Å². The van der Waals surface area contributed by atoms with Crippen LogP contribution in [0.25, 0.3) is 10.4 Å². The van der Waals surface area contributed by atoms with Crippen LogP contribution in [-0.4, -0.2) is 18.4 Å². The van der Waals surface area contributed by atoms with Gasteiger partial charge in [0.25, 0.3) is 11.8 Å². The molecule has 0 atom stereocenters. The van der Waals surface area contributed by atoms with E-state index in [0.29, 0.717) is 4.88 Å². The van der Waals surface area contributed by atoms with E-state index in [4.69, 9.17) is 0 Å². The second-order valence-electron chi connectivity index (χ2n) is 5.49. The van der Waals surface area contributed by atoms with Crippen LogP contribution in [0.3, 0.4) is 0 Å². The van der Waals surface area contributed by atoms with Gasteiger partial charge in [-0.2, -0.15) is 8.78 Å². The summed E-state index contributed by atoms with van der Waals surface area (Å²) in [6, 6.07) is 14.3. The highest BCUT2D eigenvalue weighted by atomic mass is 32.1. The van der Waals surface area contributed by atoms with Crippen molar-refractivity contribution in [1.82, 2.24) is 10.9 Å². The number of carbonyl (C=O) groups excluding carboxylic acids is 2. The molecule has 0 unspecified atom stereocenters. The third-order valence-corrected chi connectivity index (χ3v) is 4.70. The largest absolute Gasteiger partial charge is 0.435 e. The van der Waals surface area contributed by atoms with Crippen molar-refractivity contribution in [2.75, 3.05) is 0 Å². The minimum absolute atomic E-state index is 0.0385. The predicted molar refractivity (Wildman–Crippen MR) is 97.7 cm³/mol. The molecule has 2 N–H and O–H groups in total. The molecule has 0 aliphatic carbocycles. The molecular formula is C19H13F3N2O3S. The molecule has 0 aliphatic heterocycles. The molecule has 0 bridgehead atoms. The van der Waals surface area contributed by atoms with Crippen LogP contribution in [0.15, 0.2) is 60.7 Å². The van der Waals surface area contributed by atoms with Crippen molar-refractivity contribution in [3.8, 4) is 16.2 Å². The van der Waals surface area contributed by atoms with Crippen molar-refractivity contribution >= 4 is 23.2 Å². The standard InChI is InChI=1S/C19H13F3N2O3S/c20-13-6-4-11(5-7-13)15-8-9-16(28-15)18(26)24-23-17(25)12-2-1-3-14(10-12)27-19(21)22/h1-10,19H,(H,23,25)(H,24,26). The summed E-state index contributed by atoms with van der Waals surface area (Å²) >= 11 is 1.17. The summed E-state index contributed by atoms with van der Waals surface area (Å²) in [4.78, 5) is 25.4. The monoisotopic (exact) mass is 406 g/mol. The van der Waals surface area contributed by atoms with Gasteiger partial charge in [0.15, 0.2) is 0 Å². The summed E-state index contributed by atoms with van der Waals surface area (Å²) < 4.78 is 41.7. The highest BCUT2D eigenvalue weighted by Gasteiger charge is 2.13. The quantitative estimate of drug-likeness (QED) is 0.623. The van der Waals surface area contributed by atoms with Gasteiger partial charge in [-0.3, -0.25) is 20.4 Å². The van der Waals surface area contributed by atoms with Crippen LogP contribution in [-0.2, 0) is 0 Å². The fourth-order valence-corrected chi connectivity index (χ4v) is 3.20. The lowest BCUT2D eigenvalue weighted by Crippen LogP contribution is -2.41. The summed E-state index contributed by atoms with van der Waals surface area (Å²) in [5.74, 6) is -1.77. The highest BCUT2D eigenvalue weighted by molar-refractivity contribution is 7.17. The number of thiophene rings is 1. The molecule has 1 aromatic heterocycles. The number of benzene rings is 2. The number of halogens is 3. The van der Waals surface area contributed by atoms with Crippen molar-refractivity contribution in [2.24, 2.45) is 0 Å². The fraction of sp³-hybridized carbons (Fsp3) is 0.0526. The summed E-state index contributed by atoms with van der Waals surface area (Å²) in [5, 5.41) is 0. The molecule has 3 aromatic rings. The molecule has 2 amide bonds. The van der Waals surface area contributed by atoms with Gasteiger partial charge in [0.2, 0.25) is 0 Å². The molecule has 5 nitrogen and oxygen atoms in total. The molecule has 0 saturated carbocycles. The van der Waals surface area contributed by atoms with Crippen LogP contribution in [0, 0.1) is 5.82 Å². The van der Waals surface area contributed by atoms with Gasteiger partial charge >= 0.3 is 6.61 Å². The van der Waals surface area contributed by atoms with E-state index in [2.05, 4.69) is 15.6 Å². The minimum atomic E-state index is -3.01. The van der Waals surface area contributed by atoms with Gasteiger partial charge in [-0.15, -0.1) is 11.3 Å². The zero-order valence-electron chi connectivity index (χ0n) is 14.1. The Labute approximate surface area is 161 Å². The van der Waals surface area contributed by atoms with Crippen LogP contribution < -0.4 is 15.6 Å². The normalized spacial score (nSPS) is 10.6. The Balaban J connectivity index is 1.61. The van der Waals surface area contributed by atoms with Gasteiger partial charge < -0.3 is 4.74 Å². The molecule has 0 saturated heterocycles. The lowest BCUT2D eigenvalue weighted by molar-refractivity contribution is -0.0498. The first-order valence-electron chi connectivity index (χ1n) is 7.94. The highest BCUT2D eigenvalue weighted by Crippen LogP contribution is 2.28. The maximum Gasteiger partial charge on any atom is 0.387 e. The van der Waals surface area contributed by atoms with E-state index >= 15 is 0 Å². The summed E-state index contributed by atoms with van der Waals surface area (Å²) in [5.41, 5.74) is 5.26. The second-order valence-corrected chi connectivity index (χ2v) is 6.57. The molecule has 0 fully saturated rings. The molecule has 9 heteroatoms. The Kier molecular flexibility index (Phi) is 5.95. The zero-order valence-corrected chi connectivity index (χ0v) is 14.9. The molecule has 3 rings (SSSR count). The van der Waals surface area contributed by atoms with Crippen molar-refractivity contribution < 1.29 is 27.5 Å². The molecule has 144 valence electrons. The SMILES string of the molecule is O=C(NNC(=O)c1ccc(-c2ccc(F)cc2)s1)c1cccc(OC(F)F)c1. The Bertz CT molecular complexity index is 990. The number of hydrazine groups is 1. The molecule has 0 aliphatic rings. The Hall–Kier alpha value is -3.33. The number of ether oxygens (including phenoxy) is 1. The van der Waals surface area contributed by atoms with Crippen LogP contribution in [0.1, 0.15) is 20.0 Å². The molecule has 2 aromatic carbocycles. The first-order chi connectivity index (χ1) is 13.4. The number of hydrogen-bond acceptors (Lipinski definition) is 4. The van der Waals surface area contributed by atoms with Crippen molar-refractivity contribution in [3.63, 3.8) is 0 Å². The molecule has 28 heavy (non-hydrogen) atoms. The van der Waals surface area contributed by atoms with E-state index in [1.54, 1.807) is 24.3 Å². The molecule has 0 radical (unpaired) electrons. The Morgan fingerprint density at radius 3 is 2.36 bits per heavy atom. The smallest absolute Gasteiger partial charge is 0.387 e. The maximum absolute atomic E-state index is 13.0. The van der Waals surface area contributed by atoms with E-state index in [1.165, 1.54) is 41.7 Å². The molecule has 0 spiro atoms. The van der Waals surface area contributed by atoms with E-state index < -0.39 is 18.4 Å². The van der Waals surface area contributed by atoms with Crippen LogP contribution in [0.2, 0.25) is 0 Å². The van der Waals surface area contributed by atoms with E-state index in [0.717, 1.165) is 16.5 Å². The third-order valence-electron chi connectivity index (χ3n) is 3.57. The van der Waals surface area contributed by atoms with Crippen LogP contribution >= 0.6 is 11.3 Å². The molecular weight excluding hydrogens is 393 g/mol. The Morgan fingerprint density at radius 1 is 0.929 bits per heavy atom. The summed E-state index contributed by atoms with van der Waals surface area (Å²) in [6.07, 6.45) is 0. The number of nitrogens with one attached hydrogen (secondary N) is 2. The maximum atomic E-state index is 13.0. The van der Waals surface area contributed by atoms with Crippen molar-refractivity contribution in [3.05, 3.63) is 76.9 Å². The first kappa shape index (κ1) is 19.4. The molecule has 1 heterocycles. The summed E-state index contributed by atoms with van der Waals surface area (Å²) in [6.45, 7) is -3.01. The number of hydrogen-bond donors (Lipinski definition) is 2. The first-order valence-corrected chi connectivity index (χ1v) is 8.75. The Morgan fingerprint density at radius 2 is 1.64 bits per heavy atom. The number of amides is 2. The van der Waals surface area contributed by atoms with Gasteiger partial charge in [-0.1, -0.05) is 18.2 Å². The van der Waals surface area contributed by atoms with Crippen LogP contribution in [0.5, 0.6) is 5.75 Å². The van der Waals surface area contributed by atoms with Gasteiger partial charge in [0.1, 0.15) is 11.6 Å². The van der Waals surface area contributed by atoms with E-state index in [9.17, 15) is 22.8 Å². The third kappa shape index (κ3) is 4.89. The average Bonchev–Trinajstić information content (AvgIpc) is 3.16. The predicted octanol–water partition coefficient (Wildman–Crippen LogP) is 4.23. The van der Waals surface area contributed by atoms with Crippen LogP contribution in [0.4, 0.5) is 13.2 Å². The second kappa shape index (κ2) is 8.57. The number of carbonyl (C=O) groups is 2. The van der Waals surface area contributed by atoms with E-state index in [-0.39, 0.29) is 17.1 Å². The van der Waals surface area contributed by atoms with Gasteiger partial charge in [-0.05, 0) is 48.0 Å².